The van der Waals surface area contributed by atoms with Gasteiger partial charge in [0.2, 0.25) is 11.8 Å². The fourth-order valence-electron chi connectivity index (χ4n) is 2.63. The Morgan fingerprint density at radius 2 is 1.85 bits per heavy atom. The van der Waals surface area contributed by atoms with Gasteiger partial charge in [0.25, 0.3) is 0 Å². The molecule has 0 aromatic heterocycles. The van der Waals surface area contributed by atoms with Crippen molar-refractivity contribution in [2.75, 3.05) is 18.5 Å². The van der Waals surface area contributed by atoms with Crippen LogP contribution in [0.4, 0.5) is 5.69 Å². The van der Waals surface area contributed by atoms with Crippen LogP contribution in [0.25, 0.3) is 0 Å². The van der Waals surface area contributed by atoms with Crippen molar-refractivity contribution >= 4 is 29.3 Å². The van der Waals surface area contributed by atoms with E-state index in [1.54, 1.807) is 0 Å². The Hall–Kier alpha value is -2.47. The van der Waals surface area contributed by atoms with E-state index in [1.165, 1.54) is 11.8 Å². The van der Waals surface area contributed by atoms with Crippen molar-refractivity contribution in [3.63, 3.8) is 0 Å². The van der Waals surface area contributed by atoms with E-state index in [9.17, 15) is 9.59 Å². The number of hydrogen-bond acceptors (Lipinski definition) is 4. The van der Waals surface area contributed by atoms with E-state index in [4.69, 9.17) is 4.74 Å². The summed E-state index contributed by atoms with van der Waals surface area (Å²) in [6.07, 6.45) is 1.89. The molecule has 0 fully saturated rings. The van der Waals surface area contributed by atoms with Crippen molar-refractivity contribution in [2.24, 2.45) is 0 Å². The van der Waals surface area contributed by atoms with Gasteiger partial charge in [0.05, 0.1) is 17.5 Å². The number of amides is 2. The third-order valence-electron chi connectivity index (χ3n) is 3.98. The monoisotopic (exact) mass is 370 g/mol. The number of carbonyl (C=O) groups excluding carboxylic acids is 2. The molecule has 3 rings (SSSR count). The van der Waals surface area contributed by atoms with Crippen LogP contribution in [0.15, 0.2) is 59.5 Å². The fraction of sp³-hybridized carbons (Fsp3) is 0.300. The van der Waals surface area contributed by atoms with Gasteiger partial charge in [-0.2, -0.15) is 0 Å². The maximum absolute atomic E-state index is 12.1. The van der Waals surface area contributed by atoms with E-state index >= 15 is 0 Å². The van der Waals surface area contributed by atoms with E-state index in [2.05, 4.69) is 10.6 Å². The molecule has 6 heteroatoms. The molecule has 1 aliphatic heterocycles. The zero-order chi connectivity index (χ0) is 18.2. The first-order valence-electron chi connectivity index (χ1n) is 8.73. The van der Waals surface area contributed by atoms with Gasteiger partial charge in [-0.15, -0.1) is 11.8 Å². The van der Waals surface area contributed by atoms with E-state index in [0.717, 1.165) is 29.2 Å². The van der Waals surface area contributed by atoms with Crippen LogP contribution in [0.1, 0.15) is 19.3 Å². The third-order valence-corrected chi connectivity index (χ3v) is 5.26. The lowest BCUT2D eigenvalue weighted by atomic mass is 10.2. The van der Waals surface area contributed by atoms with Gasteiger partial charge >= 0.3 is 0 Å². The first-order chi connectivity index (χ1) is 12.7. The number of nitrogens with one attached hydrogen (secondary N) is 2. The molecule has 0 saturated heterocycles. The molecule has 0 saturated carbocycles. The maximum atomic E-state index is 12.1. The summed E-state index contributed by atoms with van der Waals surface area (Å²) in [5.41, 5.74) is 0.817. The summed E-state index contributed by atoms with van der Waals surface area (Å²) >= 11 is 1.45. The van der Waals surface area contributed by atoms with Crippen molar-refractivity contribution in [3.05, 3.63) is 54.6 Å². The second-order valence-electron chi connectivity index (χ2n) is 6.01. The van der Waals surface area contributed by atoms with Gasteiger partial charge in [-0.3, -0.25) is 9.59 Å². The largest absolute Gasteiger partial charge is 0.494 e. The van der Waals surface area contributed by atoms with Crippen LogP contribution in [0.5, 0.6) is 5.75 Å². The predicted molar refractivity (Wildman–Crippen MR) is 104 cm³/mol. The van der Waals surface area contributed by atoms with Gasteiger partial charge in [0.15, 0.2) is 0 Å². The number of para-hydroxylation sites is 2. The predicted octanol–water partition coefficient (Wildman–Crippen LogP) is 3.46. The molecule has 2 aromatic rings. The molecule has 1 atom stereocenters. The van der Waals surface area contributed by atoms with Crippen LogP contribution in [0.2, 0.25) is 0 Å². The molecule has 0 unspecified atom stereocenters. The number of ether oxygens (including phenoxy) is 1. The molecular formula is C20H22N2O3S. The molecular weight excluding hydrogens is 348 g/mol. The Balaban J connectivity index is 1.32. The van der Waals surface area contributed by atoms with Gasteiger partial charge in [0.1, 0.15) is 5.75 Å². The number of carbonyl (C=O) groups is 2. The minimum Gasteiger partial charge on any atom is -0.494 e. The minimum absolute atomic E-state index is 0.0963. The topological polar surface area (TPSA) is 67.4 Å². The molecule has 2 N–H and O–H groups in total. The third kappa shape index (κ3) is 5.26. The lowest BCUT2D eigenvalue weighted by Crippen LogP contribution is -2.35. The van der Waals surface area contributed by atoms with E-state index in [-0.39, 0.29) is 23.5 Å². The number of benzene rings is 2. The molecule has 2 aromatic carbocycles. The van der Waals surface area contributed by atoms with E-state index in [1.807, 2.05) is 54.6 Å². The molecule has 0 bridgehead atoms. The summed E-state index contributed by atoms with van der Waals surface area (Å²) in [6.45, 7) is 1.21. The lowest BCUT2D eigenvalue weighted by Gasteiger charge is -2.23. The molecule has 136 valence electrons. The Morgan fingerprint density at radius 1 is 1.08 bits per heavy atom. The standard InChI is InChI=1S/C20H22N2O3S/c23-19(21-12-6-7-13-25-15-8-2-1-3-9-15)14-18-20(24)22-16-10-4-5-11-17(16)26-18/h1-5,8-11,18H,6-7,12-14H2,(H,21,23)(H,22,24)/t18-/m0/s1. The smallest absolute Gasteiger partial charge is 0.238 e. The molecule has 0 spiro atoms. The molecule has 5 nitrogen and oxygen atoms in total. The van der Waals surface area contributed by atoms with Crippen LogP contribution in [0, 0.1) is 0 Å². The van der Waals surface area contributed by atoms with Crippen LogP contribution in [0.3, 0.4) is 0 Å². The van der Waals surface area contributed by atoms with Crippen LogP contribution in [-0.2, 0) is 9.59 Å². The van der Waals surface area contributed by atoms with Gasteiger partial charge in [-0.05, 0) is 37.1 Å². The van der Waals surface area contributed by atoms with Crippen molar-refractivity contribution in [1.29, 1.82) is 0 Å². The fourth-order valence-corrected chi connectivity index (χ4v) is 3.74. The van der Waals surface area contributed by atoms with Gasteiger partial charge < -0.3 is 15.4 Å². The maximum Gasteiger partial charge on any atom is 0.238 e. The average Bonchev–Trinajstić information content (AvgIpc) is 2.66. The van der Waals surface area contributed by atoms with Crippen molar-refractivity contribution in [1.82, 2.24) is 5.32 Å². The van der Waals surface area contributed by atoms with E-state index in [0.29, 0.717) is 13.2 Å². The number of anilines is 1. The molecule has 1 aliphatic rings. The highest BCUT2D eigenvalue weighted by Gasteiger charge is 2.28. The van der Waals surface area contributed by atoms with E-state index < -0.39 is 0 Å². The summed E-state index contributed by atoms with van der Waals surface area (Å²) in [4.78, 5) is 25.2. The summed E-state index contributed by atoms with van der Waals surface area (Å²) < 4.78 is 5.61. The summed E-state index contributed by atoms with van der Waals surface area (Å²) in [5, 5.41) is 5.36. The summed E-state index contributed by atoms with van der Waals surface area (Å²) in [6, 6.07) is 17.3. The number of thioether (sulfide) groups is 1. The highest BCUT2D eigenvalue weighted by Crippen LogP contribution is 2.36. The Morgan fingerprint density at radius 3 is 2.69 bits per heavy atom. The zero-order valence-electron chi connectivity index (χ0n) is 14.4. The second kappa shape index (κ2) is 9.29. The molecule has 2 amide bonds. The summed E-state index contributed by atoms with van der Waals surface area (Å²) in [7, 11) is 0. The SMILES string of the molecule is O=C(C[C@@H]1Sc2ccccc2NC1=O)NCCCCOc1ccccc1. The zero-order valence-corrected chi connectivity index (χ0v) is 15.3. The quantitative estimate of drug-likeness (QED) is 0.698. The van der Waals surface area contributed by atoms with Crippen molar-refractivity contribution in [2.45, 2.75) is 29.4 Å². The molecule has 26 heavy (non-hydrogen) atoms. The van der Waals surface area contributed by atoms with Crippen molar-refractivity contribution < 1.29 is 14.3 Å². The first kappa shape index (κ1) is 18.3. The van der Waals surface area contributed by atoms with Gasteiger partial charge in [-0.1, -0.05) is 30.3 Å². The number of hydrogen-bond donors (Lipinski definition) is 2. The number of rotatable bonds is 8. The highest BCUT2D eigenvalue weighted by molar-refractivity contribution is 8.01. The number of fused-ring (bicyclic) bond motifs is 1. The Bertz CT molecular complexity index is 752. The van der Waals surface area contributed by atoms with Gasteiger partial charge in [0, 0.05) is 17.9 Å². The van der Waals surface area contributed by atoms with Crippen LogP contribution >= 0.6 is 11.8 Å². The van der Waals surface area contributed by atoms with Crippen LogP contribution in [-0.4, -0.2) is 30.2 Å². The Labute approximate surface area is 157 Å². The molecule has 0 radical (unpaired) electrons. The van der Waals surface area contributed by atoms with Crippen LogP contribution < -0.4 is 15.4 Å². The molecule has 0 aliphatic carbocycles. The average molecular weight is 370 g/mol. The lowest BCUT2D eigenvalue weighted by molar-refractivity contribution is -0.124. The highest BCUT2D eigenvalue weighted by atomic mass is 32.2. The first-order valence-corrected chi connectivity index (χ1v) is 9.61. The Kier molecular flexibility index (Phi) is 6.55. The summed E-state index contributed by atoms with van der Waals surface area (Å²) in [5.74, 6) is 0.651. The molecule has 1 heterocycles. The van der Waals surface area contributed by atoms with Gasteiger partial charge in [-0.25, -0.2) is 0 Å². The number of unbranched alkanes of at least 4 members (excludes halogenated alkanes) is 1. The minimum atomic E-state index is -0.383. The second-order valence-corrected chi connectivity index (χ2v) is 7.26. The van der Waals surface area contributed by atoms with Crippen molar-refractivity contribution in [3.8, 4) is 5.75 Å². The normalized spacial score (nSPS) is 15.7.